The minimum Gasteiger partial charge on any atom is -0.326 e. The Morgan fingerprint density at radius 3 is 2.18 bits per heavy atom. The van der Waals surface area contributed by atoms with E-state index >= 15 is 0 Å². The van der Waals surface area contributed by atoms with Gasteiger partial charge in [0, 0.05) is 28.5 Å². The van der Waals surface area contributed by atoms with Crippen LogP contribution in [0.1, 0.15) is 22.4 Å². The van der Waals surface area contributed by atoms with Crippen molar-refractivity contribution in [3.63, 3.8) is 0 Å². The molecule has 4 nitrogen and oxygen atoms in total. The number of halogens is 6. The highest BCUT2D eigenvalue weighted by molar-refractivity contribution is 7.15. The van der Waals surface area contributed by atoms with Crippen LogP contribution < -0.4 is 5.32 Å². The van der Waals surface area contributed by atoms with Gasteiger partial charge >= 0.3 is 12.4 Å². The Labute approximate surface area is 187 Å². The molecule has 2 aromatic heterocycles. The van der Waals surface area contributed by atoms with Gasteiger partial charge in [0.2, 0.25) is 5.91 Å². The third-order valence-corrected chi connectivity index (χ3v) is 5.73. The van der Waals surface area contributed by atoms with E-state index in [2.05, 4.69) is 10.3 Å². The first-order chi connectivity index (χ1) is 15.4. The van der Waals surface area contributed by atoms with Gasteiger partial charge < -0.3 is 5.32 Å². The van der Waals surface area contributed by atoms with E-state index in [4.69, 9.17) is 0 Å². The van der Waals surface area contributed by atoms with Crippen LogP contribution in [0.25, 0.3) is 16.2 Å². The Morgan fingerprint density at radius 1 is 1.00 bits per heavy atom. The number of benzene rings is 2. The molecule has 4 rings (SSSR count). The van der Waals surface area contributed by atoms with Crippen LogP contribution in [-0.4, -0.2) is 15.3 Å². The average molecular weight is 483 g/mol. The summed E-state index contributed by atoms with van der Waals surface area (Å²) in [5.74, 6) is -0.757. The number of rotatable bonds is 4. The number of thiazole rings is 1. The Bertz CT molecular complexity index is 1290. The molecule has 0 aliphatic heterocycles. The van der Waals surface area contributed by atoms with Gasteiger partial charge in [0.25, 0.3) is 0 Å². The standard InChI is InChI=1S/C22H15F6N3OS/c1-12-2-4-13(5-3-12)18-10-31-17(11-33-20(31)30-18)9-19(32)29-16-7-14(21(23,24)25)6-15(8-16)22(26,27)28/h2-8,10-11H,9H2,1H3,(H,29,32). The fourth-order valence-corrected chi connectivity index (χ4v) is 4.09. The van der Waals surface area contributed by atoms with Gasteiger partial charge in [0.05, 0.1) is 23.2 Å². The van der Waals surface area contributed by atoms with Crippen LogP contribution in [0.5, 0.6) is 0 Å². The highest BCUT2D eigenvalue weighted by Crippen LogP contribution is 2.37. The molecule has 0 saturated heterocycles. The Morgan fingerprint density at radius 2 is 1.61 bits per heavy atom. The summed E-state index contributed by atoms with van der Waals surface area (Å²) >= 11 is 1.27. The molecule has 0 atom stereocenters. The summed E-state index contributed by atoms with van der Waals surface area (Å²) in [6.45, 7) is 1.95. The Kier molecular flexibility index (Phi) is 5.69. The summed E-state index contributed by atoms with van der Waals surface area (Å²) in [4.78, 5) is 17.6. The number of anilines is 1. The van der Waals surface area contributed by atoms with Gasteiger partial charge in [0.15, 0.2) is 4.96 Å². The molecule has 0 fully saturated rings. The lowest BCUT2D eigenvalue weighted by Gasteiger charge is -2.14. The number of alkyl halides is 6. The molecule has 0 bridgehead atoms. The van der Waals surface area contributed by atoms with Gasteiger partial charge in [0.1, 0.15) is 0 Å². The van der Waals surface area contributed by atoms with E-state index in [9.17, 15) is 31.1 Å². The number of carbonyl (C=O) groups excluding carboxylic acids is 1. The second-order valence-electron chi connectivity index (χ2n) is 7.39. The lowest BCUT2D eigenvalue weighted by molar-refractivity contribution is -0.143. The molecule has 0 aliphatic rings. The van der Waals surface area contributed by atoms with Crippen LogP contribution in [0.15, 0.2) is 54.0 Å². The van der Waals surface area contributed by atoms with Crippen molar-refractivity contribution in [2.75, 3.05) is 5.32 Å². The number of aryl methyl sites for hydroxylation is 1. The molecule has 4 aromatic rings. The second kappa shape index (κ2) is 8.22. The number of imidazole rings is 1. The maximum absolute atomic E-state index is 13.0. The molecule has 0 saturated carbocycles. The van der Waals surface area contributed by atoms with Gasteiger partial charge in [-0.2, -0.15) is 26.3 Å². The zero-order valence-electron chi connectivity index (χ0n) is 16.9. The maximum Gasteiger partial charge on any atom is 0.416 e. The summed E-state index contributed by atoms with van der Waals surface area (Å²) < 4.78 is 79.8. The molecular formula is C22H15F6N3OS. The minimum atomic E-state index is -5.00. The molecule has 2 aromatic carbocycles. The van der Waals surface area contributed by atoms with Crippen molar-refractivity contribution < 1.29 is 31.1 Å². The predicted molar refractivity (Wildman–Crippen MR) is 112 cm³/mol. The van der Waals surface area contributed by atoms with Crippen LogP contribution in [-0.2, 0) is 23.6 Å². The van der Waals surface area contributed by atoms with Crippen molar-refractivity contribution in [2.24, 2.45) is 0 Å². The number of nitrogens with zero attached hydrogens (tertiary/aromatic N) is 2. The number of aromatic nitrogens is 2. The Hall–Kier alpha value is -3.34. The molecule has 172 valence electrons. The lowest BCUT2D eigenvalue weighted by Crippen LogP contribution is -2.17. The zero-order chi connectivity index (χ0) is 24.0. The number of hydrogen-bond donors (Lipinski definition) is 1. The predicted octanol–water partition coefficient (Wildman–Crippen LogP) is 6.59. The first kappa shape index (κ1) is 22.8. The molecule has 0 aliphatic carbocycles. The van der Waals surface area contributed by atoms with Crippen molar-refractivity contribution in [3.05, 3.63) is 76.4 Å². The highest BCUT2D eigenvalue weighted by Gasteiger charge is 2.37. The largest absolute Gasteiger partial charge is 0.416 e. The van der Waals surface area contributed by atoms with Crippen LogP contribution in [0.2, 0.25) is 0 Å². The fourth-order valence-electron chi connectivity index (χ4n) is 3.22. The first-order valence-corrected chi connectivity index (χ1v) is 10.4. The first-order valence-electron chi connectivity index (χ1n) is 9.52. The van der Waals surface area contributed by atoms with Gasteiger partial charge in [-0.1, -0.05) is 29.8 Å². The molecule has 0 radical (unpaired) electrons. The van der Waals surface area contributed by atoms with Crippen molar-refractivity contribution in [1.29, 1.82) is 0 Å². The summed E-state index contributed by atoms with van der Waals surface area (Å²) in [6, 6.07) is 8.63. The molecule has 2 heterocycles. The number of amides is 1. The smallest absolute Gasteiger partial charge is 0.326 e. The van der Waals surface area contributed by atoms with Crippen LogP contribution in [0.3, 0.4) is 0 Å². The molecule has 33 heavy (non-hydrogen) atoms. The summed E-state index contributed by atoms with van der Waals surface area (Å²) in [5, 5.41) is 3.81. The average Bonchev–Trinajstić information content (AvgIpc) is 3.29. The van der Waals surface area contributed by atoms with Crippen molar-refractivity contribution in [3.8, 4) is 11.3 Å². The molecule has 11 heteroatoms. The van der Waals surface area contributed by atoms with Crippen LogP contribution in [0, 0.1) is 6.92 Å². The lowest BCUT2D eigenvalue weighted by atomic mass is 10.1. The van der Waals surface area contributed by atoms with E-state index in [0.717, 1.165) is 11.1 Å². The van der Waals surface area contributed by atoms with Crippen molar-refractivity contribution in [1.82, 2.24) is 9.38 Å². The summed E-state index contributed by atoms with van der Waals surface area (Å²) in [5.41, 5.74) is -0.445. The molecule has 0 unspecified atom stereocenters. The van der Waals surface area contributed by atoms with Crippen molar-refractivity contribution in [2.45, 2.75) is 25.7 Å². The number of carbonyl (C=O) groups is 1. The molecule has 0 spiro atoms. The topological polar surface area (TPSA) is 46.4 Å². The number of nitrogens with one attached hydrogen (secondary N) is 1. The summed E-state index contributed by atoms with van der Waals surface area (Å²) in [7, 11) is 0. The number of hydrogen-bond acceptors (Lipinski definition) is 3. The fraction of sp³-hybridized carbons (Fsp3) is 0.182. The monoisotopic (exact) mass is 483 g/mol. The van der Waals surface area contributed by atoms with E-state index in [1.807, 2.05) is 31.2 Å². The van der Waals surface area contributed by atoms with E-state index in [1.54, 1.807) is 16.0 Å². The van der Waals surface area contributed by atoms with E-state index < -0.39 is 35.1 Å². The number of fused-ring (bicyclic) bond motifs is 1. The third-order valence-electron chi connectivity index (χ3n) is 4.84. The van der Waals surface area contributed by atoms with Crippen LogP contribution >= 0.6 is 11.3 Å². The SMILES string of the molecule is Cc1ccc(-c2cn3c(CC(=O)Nc4cc(C(F)(F)F)cc(C(F)(F)F)c4)csc3n2)cc1. The van der Waals surface area contributed by atoms with Crippen LogP contribution in [0.4, 0.5) is 32.0 Å². The van der Waals surface area contributed by atoms with Gasteiger partial charge in [-0.05, 0) is 25.1 Å². The van der Waals surface area contributed by atoms with E-state index in [-0.39, 0.29) is 12.5 Å². The van der Waals surface area contributed by atoms with Crippen molar-refractivity contribution >= 4 is 27.9 Å². The van der Waals surface area contributed by atoms with Gasteiger partial charge in [-0.25, -0.2) is 4.98 Å². The van der Waals surface area contributed by atoms with E-state index in [1.165, 1.54) is 11.3 Å². The molecule has 1 amide bonds. The maximum atomic E-state index is 13.0. The van der Waals surface area contributed by atoms with E-state index in [0.29, 0.717) is 28.5 Å². The second-order valence-corrected chi connectivity index (χ2v) is 8.23. The highest BCUT2D eigenvalue weighted by atomic mass is 32.1. The molecule has 1 N–H and O–H groups in total. The summed E-state index contributed by atoms with van der Waals surface area (Å²) in [6.07, 6.45) is -8.53. The zero-order valence-corrected chi connectivity index (χ0v) is 17.7. The molecular weight excluding hydrogens is 468 g/mol. The van der Waals surface area contributed by atoms with Gasteiger partial charge in [-0.15, -0.1) is 11.3 Å². The third kappa shape index (κ3) is 5.03. The Balaban J connectivity index is 1.57. The quantitative estimate of drug-likeness (QED) is 0.333. The minimum absolute atomic E-state index is 0.0101. The van der Waals surface area contributed by atoms with Gasteiger partial charge in [-0.3, -0.25) is 9.20 Å². The normalized spacial score (nSPS) is 12.3.